The molecular weight excluding hydrogens is 566 g/mol. The van der Waals surface area contributed by atoms with E-state index in [9.17, 15) is 9.59 Å². The summed E-state index contributed by atoms with van der Waals surface area (Å²) in [4.78, 5) is 39.8. The molecule has 2 amide bonds. The number of rotatable bonds is 7. The van der Waals surface area contributed by atoms with E-state index in [0.717, 1.165) is 28.6 Å². The van der Waals surface area contributed by atoms with Crippen LogP contribution >= 0.6 is 27.7 Å². The Balaban J connectivity index is 1.27. The Morgan fingerprint density at radius 3 is 2.89 bits per heavy atom. The molecule has 0 bridgehead atoms. The molecule has 0 spiro atoms. The van der Waals surface area contributed by atoms with Crippen LogP contribution in [0.3, 0.4) is 0 Å². The van der Waals surface area contributed by atoms with Crippen molar-refractivity contribution in [3.05, 3.63) is 22.9 Å². The number of ether oxygens (including phenoxy) is 2. The van der Waals surface area contributed by atoms with Gasteiger partial charge < -0.3 is 35.1 Å². The number of anilines is 1. The Labute approximate surface area is 225 Å². The molecule has 12 nitrogen and oxygen atoms in total. The summed E-state index contributed by atoms with van der Waals surface area (Å²) in [7, 11) is 0. The number of aromatic nitrogens is 4. The first-order chi connectivity index (χ1) is 17.8. The fourth-order valence-electron chi connectivity index (χ4n) is 4.56. The molecule has 14 heteroatoms. The summed E-state index contributed by atoms with van der Waals surface area (Å²) < 4.78 is 13.7. The molecule has 0 unspecified atom stereocenters. The standard InChI is InChI=1S/C23H26BrN7O5S/c1-12(27-23(33)34)21(32)30-5-2-3-13(9-30)4-6-31-10-26-19(25)18-20(31)29-22(28-18)37-17-8-16-15(7-14(17)24)35-11-36-16/h7-8,10,12-13,27H,2-6,9,11,25H2,1H3,(H,33,34)/t12-,13+/m1/s1. The van der Waals surface area contributed by atoms with Gasteiger partial charge in [-0.1, -0.05) is 0 Å². The lowest BCUT2D eigenvalue weighted by molar-refractivity contribution is -0.134. The van der Waals surface area contributed by atoms with Crippen molar-refractivity contribution >= 4 is 45.5 Å². The average Bonchev–Trinajstić information content (AvgIpc) is 3.50. The lowest BCUT2D eigenvalue weighted by Gasteiger charge is -2.34. The molecule has 1 aromatic rings. The first-order valence-electron chi connectivity index (χ1n) is 11.8. The second kappa shape index (κ2) is 10.6. The van der Waals surface area contributed by atoms with Crippen LogP contribution in [0.1, 0.15) is 26.2 Å². The lowest BCUT2D eigenvalue weighted by atomic mass is 9.94. The number of imidazole rings is 1. The third-order valence-corrected chi connectivity index (χ3v) is 8.26. The van der Waals surface area contributed by atoms with Gasteiger partial charge in [0, 0.05) is 29.0 Å². The van der Waals surface area contributed by atoms with Crippen LogP contribution in [0.15, 0.2) is 33.0 Å². The molecular formula is C23H26BrN7O5S. The van der Waals surface area contributed by atoms with Gasteiger partial charge in [0.1, 0.15) is 6.04 Å². The Morgan fingerprint density at radius 2 is 2.11 bits per heavy atom. The smallest absolute Gasteiger partial charge is 0.405 e. The van der Waals surface area contributed by atoms with Crippen molar-refractivity contribution in [2.45, 2.75) is 48.8 Å². The van der Waals surface area contributed by atoms with Crippen LogP contribution in [0.5, 0.6) is 11.5 Å². The molecule has 2 atom stereocenters. The fraction of sp³-hybridized carbons (Fsp3) is 0.435. The van der Waals surface area contributed by atoms with E-state index < -0.39 is 12.1 Å². The average molecular weight is 592 g/mol. The van der Waals surface area contributed by atoms with Gasteiger partial charge in [-0.25, -0.2) is 19.7 Å². The number of carboxylic acid groups (broad SMARTS) is 1. The van der Waals surface area contributed by atoms with Crippen molar-refractivity contribution in [1.29, 1.82) is 0 Å². The van der Waals surface area contributed by atoms with Crippen molar-refractivity contribution < 1.29 is 24.2 Å². The number of hydrogen-bond donors (Lipinski definition) is 3. The molecule has 4 aliphatic heterocycles. The van der Waals surface area contributed by atoms with Crippen LogP contribution in [-0.2, 0) is 11.3 Å². The highest BCUT2D eigenvalue weighted by molar-refractivity contribution is 9.10. The van der Waals surface area contributed by atoms with E-state index >= 15 is 0 Å². The summed E-state index contributed by atoms with van der Waals surface area (Å²) in [6.45, 7) is 3.61. The van der Waals surface area contributed by atoms with Crippen LogP contribution in [0.2, 0.25) is 0 Å². The van der Waals surface area contributed by atoms with Crippen LogP contribution in [0.4, 0.5) is 10.6 Å². The Bertz CT molecular complexity index is 1300. The van der Waals surface area contributed by atoms with Crippen molar-refractivity contribution in [1.82, 2.24) is 29.7 Å². The number of piperidine rings is 1. The number of fused-ring (bicyclic) bond motifs is 2. The number of likely N-dealkylation sites (tertiary alicyclic amines) is 1. The van der Waals surface area contributed by atoms with Crippen molar-refractivity contribution in [3.8, 4) is 23.0 Å². The number of nitrogen functional groups attached to an aromatic ring is 1. The van der Waals surface area contributed by atoms with E-state index in [2.05, 4.69) is 31.2 Å². The zero-order chi connectivity index (χ0) is 26.1. The first kappa shape index (κ1) is 25.4. The van der Waals surface area contributed by atoms with Gasteiger partial charge in [-0.15, -0.1) is 0 Å². The van der Waals surface area contributed by atoms with E-state index in [1.807, 2.05) is 16.7 Å². The normalized spacial score (nSPS) is 17.7. The van der Waals surface area contributed by atoms with Gasteiger partial charge in [0.15, 0.2) is 34.0 Å². The quantitative estimate of drug-likeness (QED) is 0.372. The SMILES string of the molecule is C[C@@H](NC(=O)O)C(=O)N1CCC[C@@H](CCn2cnc(N)c3nc(Sc4cc5c(cc4Br)OCO5)nc2-3)C1. The van der Waals surface area contributed by atoms with Gasteiger partial charge in [0.2, 0.25) is 12.7 Å². The number of carbonyl (C=O) groups is 2. The number of nitrogens with one attached hydrogen (secondary N) is 1. The van der Waals surface area contributed by atoms with Gasteiger partial charge in [-0.3, -0.25) is 4.79 Å². The Kier molecular flexibility index (Phi) is 7.29. The number of nitrogens with two attached hydrogens (primary N) is 1. The molecule has 0 saturated carbocycles. The summed E-state index contributed by atoms with van der Waals surface area (Å²) >= 11 is 4.96. The van der Waals surface area contributed by atoms with Crippen LogP contribution < -0.4 is 20.5 Å². The molecule has 196 valence electrons. The predicted molar refractivity (Wildman–Crippen MR) is 138 cm³/mol. The Hall–Kier alpha value is -3.26. The molecule has 0 radical (unpaired) electrons. The first-order valence-corrected chi connectivity index (χ1v) is 13.4. The van der Waals surface area contributed by atoms with Gasteiger partial charge in [-0.05, 0) is 71.9 Å². The van der Waals surface area contributed by atoms with Crippen LogP contribution in [0.25, 0.3) is 11.5 Å². The van der Waals surface area contributed by atoms with E-state index in [-0.39, 0.29) is 18.6 Å². The second-order valence-electron chi connectivity index (χ2n) is 8.99. The molecule has 5 rings (SSSR count). The molecule has 1 fully saturated rings. The fourth-order valence-corrected chi connectivity index (χ4v) is 5.91. The highest BCUT2D eigenvalue weighted by atomic mass is 79.9. The maximum Gasteiger partial charge on any atom is 0.405 e. The molecule has 0 aliphatic carbocycles. The van der Waals surface area contributed by atoms with E-state index in [1.54, 1.807) is 18.2 Å². The molecule has 37 heavy (non-hydrogen) atoms. The predicted octanol–water partition coefficient (Wildman–Crippen LogP) is 3.29. The number of carbonyl (C=O) groups excluding carboxylic acids is 1. The van der Waals surface area contributed by atoms with Crippen molar-refractivity contribution in [2.24, 2.45) is 5.92 Å². The number of aryl methyl sites for hydroxylation is 1. The third-order valence-electron chi connectivity index (χ3n) is 6.42. The zero-order valence-corrected chi connectivity index (χ0v) is 22.4. The maximum atomic E-state index is 12.6. The van der Waals surface area contributed by atoms with Gasteiger partial charge in [0.05, 0.1) is 6.33 Å². The number of benzene rings is 1. The number of hydrogen-bond acceptors (Lipinski definition) is 9. The minimum Gasteiger partial charge on any atom is -0.465 e. The molecule has 0 aromatic heterocycles. The number of halogens is 1. The molecule has 4 N–H and O–H groups in total. The van der Waals surface area contributed by atoms with Crippen LogP contribution in [0, 0.1) is 5.92 Å². The third kappa shape index (κ3) is 5.54. The van der Waals surface area contributed by atoms with Gasteiger partial charge >= 0.3 is 6.09 Å². The van der Waals surface area contributed by atoms with Gasteiger partial charge in [0.25, 0.3) is 0 Å². The minimum absolute atomic E-state index is 0.194. The zero-order valence-electron chi connectivity index (χ0n) is 20.0. The minimum atomic E-state index is -1.20. The maximum absolute atomic E-state index is 12.6. The van der Waals surface area contributed by atoms with Crippen LogP contribution in [-0.4, -0.2) is 67.5 Å². The van der Waals surface area contributed by atoms with E-state index in [4.69, 9.17) is 25.3 Å². The lowest BCUT2D eigenvalue weighted by Crippen LogP contribution is -2.49. The van der Waals surface area contributed by atoms with Crippen molar-refractivity contribution in [2.75, 3.05) is 25.6 Å². The summed E-state index contributed by atoms with van der Waals surface area (Å²) in [6, 6.07) is 2.98. The van der Waals surface area contributed by atoms with Crippen molar-refractivity contribution in [3.63, 3.8) is 0 Å². The summed E-state index contributed by atoms with van der Waals surface area (Å²) in [5.41, 5.74) is 6.65. The van der Waals surface area contributed by atoms with E-state index in [0.29, 0.717) is 53.6 Å². The summed E-state index contributed by atoms with van der Waals surface area (Å²) in [5, 5.41) is 11.7. The molecule has 1 saturated heterocycles. The second-order valence-corrected chi connectivity index (χ2v) is 10.9. The number of nitrogens with zero attached hydrogens (tertiary/aromatic N) is 5. The molecule has 4 heterocycles. The monoisotopic (exact) mass is 591 g/mol. The highest BCUT2D eigenvalue weighted by Gasteiger charge is 2.28. The Morgan fingerprint density at radius 1 is 1.32 bits per heavy atom. The highest BCUT2D eigenvalue weighted by Crippen LogP contribution is 2.43. The summed E-state index contributed by atoms with van der Waals surface area (Å²) in [6.07, 6.45) is 3.13. The summed E-state index contributed by atoms with van der Waals surface area (Å²) in [5.74, 6) is 2.39. The molecule has 1 aromatic carbocycles. The molecule has 4 aliphatic rings. The van der Waals surface area contributed by atoms with Gasteiger partial charge in [-0.2, -0.15) is 0 Å². The topological polar surface area (TPSA) is 158 Å². The van der Waals surface area contributed by atoms with E-state index in [1.165, 1.54) is 11.8 Å². The number of amides is 2. The largest absolute Gasteiger partial charge is 0.465 e.